The fourth-order valence-corrected chi connectivity index (χ4v) is 6.64. The van der Waals surface area contributed by atoms with Gasteiger partial charge in [0.25, 0.3) is 0 Å². The standard InChI is InChI=1S/C33H39ClFN3O3.H2O/c34-31-18-23(3-8-32(31)41-30-10-15-40-16-11-30)17-28(22-37-12-1-2-13-37)36-33(39)26-9-14-38(21-26)29-7-5-24-19-27(35)6-4-25(24)20-29;/h3-8,18-20,26,28,30H,1-2,9-17,21-22H2,(H,36,39);1H2/t26-,28+;/m1./s1. The smallest absolute Gasteiger partial charge is 0.225 e. The molecule has 226 valence electrons. The topological polar surface area (TPSA) is 85.5 Å². The third-order valence-corrected chi connectivity index (χ3v) is 8.97. The molecule has 7 nitrogen and oxygen atoms in total. The van der Waals surface area contributed by atoms with Crippen LogP contribution in [0.1, 0.15) is 37.7 Å². The second-order valence-electron chi connectivity index (χ2n) is 11.7. The Bertz CT molecular complexity index is 1360. The number of likely N-dealkylation sites (tertiary alicyclic amines) is 1. The molecule has 0 bridgehead atoms. The summed E-state index contributed by atoms with van der Waals surface area (Å²) in [6.07, 6.45) is 5.84. The zero-order valence-corrected chi connectivity index (χ0v) is 24.8. The minimum atomic E-state index is -0.229. The van der Waals surface area contributed by atoms with Crippen molar-refractivity contribution < 1.29 is 24.1 Å². The van der Waals surface area contributed by atoms with Gasteiger partial charge in [-0.2, -0.15) is 0 Å². The molecule has 3 heterocycles. The quantitative estimate of drug-likeness (QED) is 0.375. The molecule has 3 aliphatic heterocycles. The molecule has 3 aromatic carbocycles. The monoisotopic (exact) mass is 597 g/mol. The summed E-state index contributed by atoms with van der Waals surface area (Å²) >= 11 is 6.65. The first-order chi connectivity index (χ1) is 20.0. The van der Waals surface area contributed by atoms with Crippen molar-refractivity contribution in [3.05, 3.63) is 71.0 Å². The molecule has 3 aliphatic rings. The predicted octanol–water partition coefficient (Wildman–Crippen LogP) is 5.02. The highest BCUT2D eigenvalue weighted by Crippen LogP contribution is 2.30. The van der Waals surface area contributed by atoms with Crippen LogP contribution < -0.4 is 15.0 Å². The number of carbonyl (C=O) groups excluding carboxylic acids is 1. The van der Waals surface area contributed by atoms with E-state index in [0.717, 1.165) is 87.1 Å². The highest BCUT2D eigenvalue weighted by molar-refractivity contribution is 6.32. The molecular weight excluding hydrogens is 557 g/mol. The molecule has 1 amide bonds. The third-order valence-electron chi connectivity index (χ3n) is 8.67. The van der Waals surface area contributed by atoms with E-state index in [1.54, 1.807) is 6.07 Å². The van der Waals surface area contributed by atoms with Crippen LogP contribution in [0.3, 0.4) is 0 Å². The molecule has 0 saturated carbocycles. The number of anilines is 1. The summed E-state index contributed by atoms with van der Waals surface area (Å²) in [5.74, 6) is 0.532. The molecule has 0 aliphatic carbocycles. The molecule has 3 fully saturated rings. The van der Waals surface area contributed by atoms with Crippen LogP contribution in [0.2, 0.25) is 5.02 Å². The minimum absolute atomic E-state index is 0. The van der Waals surface area contributed by atoms with E-state index in [1.165, 1.54) is 18.9 Å². The van der Waals surface area contributed by atoms with Crippen molar-refractivity contribution in [2.24, 2.45) is 5.92 Å². The van der Waals surface area contributed by atoms with Crippen LogP contribution in [0.15, 0.2) is 54.6 Å². The summed E-state index contributed by atoms with van der Waals surface area (Å²) in [5, 5.41) is 5.91. The molecule has 3 N–H and O–H groups in total. The van der Waals surface area contributed by atoms with Gasteiger partial charge in [0, 0.05) is 44.2 Å². The zero-order valence-electron chi connectivity index (χ0n) is 24.0. The van der Waals surface area contributed by atoms with Crippen molar-refractivity contribution in [2.75, 3.05) is 50.8 Å². The van der Waals surface area contributed by atoms with Crippen LogP contribution in [0.4, 0.5) is 10.1 Å². The van der Waals surface area contributed by atoms with Gasteiger partial charge in [0.05, 0.1) is 24.2 Å². The summed E-state index contributed by atoms with van der Waals surface area (Å²) in [4.78, 5) is 18.3. The lowest BCUT2D eigenvalue weighted by Crippen LogP contribution is -2.46. The average Bonchev–Trinajstić information content (AvgIpc) is 3.68. The molecule has 3 aromatic rings. The molecule has 42 heavy (non-hydrogen) atoms. The van der Waals surface area contributed by atoms with Gasteiger partial charge in [-0.15, -0.1) is 0 Å². The van der Waals surface area contributed by atoms with Gasteiger partial charge >= 0.3 is 0 Å². The highest BCUT2D eigenvalue weighted by atomic mass is 35.5. The number of hydrogen-bond acceptors (Lipinski definition) is 5. The largest absolute Gasteiger partial charge is 0.489 e. The molecule has 0 radical (unpaired) electrons. The average molecular weight is 598 g/mol. The number of fused-ring (bicyclic) bond motifs is 1. The maximum atomic E-state index is 13.6. The van der Waals surface area contributed by atoms with E-state index in [2.05, 4.69) is 27.2 Å². The number of amides is 1. The van der Waals surface area contributed by atoms with Crippen molar-refractivity contribution >= 4 is 34.0 Å². The minimum Gasteiger partial charge on any atom is -0.489 e. The van der Waals surface area contributed by atoms with Crippen LogP contribution >= 0.6 is 11.6 Å². The highest BCUT2D eigenvalue weighted by Gasteiger charge is 2.31. The Kier molecular flexibility index (Phi) is 10.2. The molecule has 9 heteroatoms. The summed E-state index contributed by atoms with van der Waals surface area (Å²) in [5.41, 5.74) is 2.17. The molecule has 0 unspecified atom stereocenters. The van der Waals surface area contributed by atoms with Crippen molar-refractivity contribution in [1.82, 2.24) is 10.2 Å². The van der Waals surface area contributed by atoms with Crippen molar-refractivity contribution in [3.63, 3.8) is 0 Å². The molecule has 0 spiro atoms. The molecular formula is C33H41ClFN3O4. The SMILES string of the molecule is O.O=C(N[C@@H](Cc1ccc(OC2CCOCC2)c(Cl)c1)CN1CCCC1)[C@@H]1CCN(c2ccc3cc(F)ccc3c2)C1. The van der Waals surface area contributed by atoms with Crippen LogP contribution in [0.25, 0.3) is 10.8 Å². The van der Waals surface area contributed by atoms with Crippen LogP contribution in [0, 0.1) is 11.7 Å². The van der Waals surface area contributed by atoms with Gasteiger partial charge < -0.3 is 30.1 Å². The maximum Gasteiger partial charge on any atom is 0.225 e. The molecule has 2 atom stereocenters. The normalized spacial score (nSPS) is 20.4. The number of ether oxygens (including phenoxy) is 2. The Balaban J connectivity index is 0.00000353. The van der Waals surface area contributed by atoms with Gasteiger partial charge in [-0.05, 0) is 91.5 Å². The van der Waals surface area contributed by atoms with Crippen LogP contribution in [-0.4, -0.2) is 74.4 Å². The van der Waals surface area contributed by atoms with Gasteiger partial charge in [-0.3, -0.25) is 4.79 Å². The van der Waals surface area contributed by atoms with Crippen molar-refractivity contribution in [1.29, 1.82) is 0 Å². The number of carbonyl (C=O) groups is 1. The Hall–Kier alpha value is -2.91. The van der Waals surface area contributed by atoms with Crippen molar-refractivity contribution in [2.45, 2.75) is 50.7 Å². The molecule has 0 aromatic heterocycles. The lowest BCUT2D eigenvalue weighted by molar-refractivity contribution is -0.125. The summed E-state index contributed by atoms with van der Waals surface area (Å²) in [6, 6.07) is 17.0. The number of rotatable bonds is 9. The van der Waals surface area contributed by atoms with E-state index < -0.39 is 0 Å². The van der Waals surface area contributed by atoms with Gasteiger partial charge in [0.2, 0.25) is 5.91 Å². The first-order valence-electron chi connectivity index (χ1n) is 15.0. The number of nitrogens with one attached hydrogen (secondary N) is 1. The first-order valence-corrected chi connectivity index (χ1v) is 15.4. The van der Waals surface area contributed by atoms with E-state index in [4.69, 9.17) is 21.1 Å². The summed E-state index contributed by atoms with van der Waals surface area (Å²) in [7, 11) is 0. The van der Waals surface area contributed by atoms with E-state index in [-0.39, 0.29) is 35.3 Å². The van der Waals surface area contributed by atoms with Gasteiger partial charge in [0.15, 0.2) is 0 Å². The Morgan fingerprint density at radius 3 is 2.55 bits per heavy atom. The number of halogens is 2. The Morgan fingerprint density at radius 1 is 1.00 bits per heavy atom. The van der Waals surface area contributed by atoms with Crippen LogP contribution in [0.5, 0.6) is 5.75 Å². The predicted molar refractivity (Wildman–Crippen MR) is 165 cm³/mol. The van der Waals surface area contributed by atoms with Crippen molar-refractivity contribution in [3.8, 4) is 5.75 Å². The number of benzene rings is 3. The first kappa shape index (κ1) is 30.5. The third kappa shape index (κ3) is 7.53. The van der Waals surface area contributed by atoms with E-state index >= 15 is 0 Å². The van der Waals surface area contributed by atoms with Crippen LogP contribution in [-0.2, 0) is 16.0 Å². The lowest BCUT2D eigenvalue weighted by atomic mass is 10.0. The fourth-order valence-electron chi connectivity index (χ4n) is 6.39. The summed E-state index contributed by atoms with van der Waals surface area (Å²) in [6.45, 7) is 5.94. The van der Waals surface area contributed by atoms with E-state index in [9.17, 15) is 9.18 Å². The Morgan fingerprint density at radius 2 is 1.76 bits per heavy atom. The van der Waals surface area contributed by atoms with Gasteiger partial charge in [0.1, 0.15) is 17.7 Å². The molecule has 6 rings (SSSR count). The summed E-state index contributed by atoms with van der Waals surface area (Å²) < 4.78 is 25.2. The fraction of sp³-hybridized carbons (Fsp3) is 0.485. The second-order valence-corrected chi connectivity index (χ2v) is 12.1. The van der Waals surface area contributed by atoms with E-state index in [0.29, 0.717) is 17.3 Å². The van der Waals surface area contributed by atoms with Gasteiger partial charge in [-0.25, -0.2) is 4.39 Å². The number of nitrogens with zero attached hydrogens (tertiary/aromatic N) is 2. The maximum absolute atomic E-state index is 13.6. The Labute approximate surface area is 252 Å². The van der Waals surface area contributed by atoms with E-state index in [1.807, 2.05) is 30.3 Å². The zero-order chi connectivity index (χ0) is 28.2. The lowest BCUT2D eigenvalue weighted by Gasteiger charge is -2.27. The van der Waals surface area contributed by atoms with Gasteiger partial charge in [-0.1, -0.05) is 29.8 Å². The second kappa shape index (κ2) is 14.0. The number of hydrogen-bond donors (Lipinski definition) is 1. The molecule has 3 saturated heterocycles.